The highest BCUT2D eigenvalue weighted by Crippen LogP contribution is 2.05. The van der Waals surface area contributed by atoms with Crippen LogP contribution in [-0.2, 0) is 9.59 Å². The van der Waals surface area contributed by atoms with Crippen molar-refractivity contribution in [3.05, 3.63) is 35.6 Å². The molecule has 19 heavy (non-hydrogen) atoms. The molecule has 1 amide bonds. The summed E-state index contributed by atoms with van der Waals surface area (Å²) in [5, 5.41) is 11.3. The average Bonchev–Trinajstić information content (AvgIpc) is 2.38. The molecule has 0 spiro atoms. The number of hydrogen-bond donors (Lipinski definition) is 2. The molecule has 0 heterocycles. The molecule has 0 aliphatic rings. The molecule has 0 saturated carbocycles. The summed E-state index contributed by atoms with van der Waals surface area (Å²) in [6.45, 7) is 0. The third kappa shape index (κ3) is 4.87. The number of nitrogens with one attached hydrogen (secondary N) is 1. The van der Waals surface area contributed by atoms with Gasteiger partial charge in [-0.1, -0.05) is 0 Å². The Morgan fingerprint density at radius 2 is 1.95 bits per heavy atom. The number of carboxylic acid groups (broad SMARTS) is 1. The molecule has 0 bridgehead atoms. The number of hydrogen-bond acceptors (Lipinski definition) is 3. The number of aldehydes is 1. The number of aliphatic carboxylic acids is 1. The molecule has 1 aromatic carbocycles. The molecule has 102 valence electrons. The lowest BCUT2D eigenvalue weighted by Crippen LogP contribution is -2.40. The Kier molecular flexibility index (Phi) is 5.66. The monoisotopic (exact) mass is 267 g/mol. The van der Waals surface area contributed by atoms with Gasteiger partial charge in [-0.3, -0.25) is 4.79 Å². The zero-order valence-corrected chi connectivity index (χ0v) is 10.1. The normalized spacial score (nSPS) is 11.6. The molecule has 5 nitrogen and oxygen atoms in total. The Balaban J connectivity index is 2.62. The molecule has 2 N–H and O–H groups in total. The molecule has 0 fully saturated rings. The second-order valence-electron chi connectivity index (χ2n) is 3.97. The number of carboxylic acids is 1. The summed E-state index contributed by atoms with van der Waals surface area (Å²) in [6, 6.07) is 3.73. The largest absolute Gasteiger partial charge is 0.480 e. The molecule has 1 aromatic rings. The van der Waals surface area contributed by atoms with Crippen LogP contribution in [0.4, 0.5) is 4.39 Å². The van der Waals surface area contributed by atoms with Crippen LogP contribution in [0.5, 0.6) is 0 Å². The molecule has 0 aliphatic carbocycles. The van der Waals surface area contributed by atoms with Crippen molar-refractivity contribution in [1.82, 2.24) is 5.32 Å². The van der Waals surface area contributed by atoms with E-state index in [9.17, 15) is 18.8 Å². The van der Waals surface area contributed by atoms with Gasteiger partial charge in [0, 0.05) is 12.0 Å². The highest BCUT2D eigenvalue weighted by Gasteiger charge is 2.20. The molecule has 0 radical (unpaired) electrons. The second-order valence-corrected chi connectivity index (χ2v) is 3.97. The summed E-state index contributed by atoms with van der Waals surface area (Å²) in [5.74, 6) is -2.22. The number of benzene rings is 1. The van der Waals surface area contributed by atoms with Crippen LogP contribution in [0.1, 0.15) is 29.6 Å². The zero-order chi connectivity index (χ0) is 14.3. The molecule has 0 aliphatic heterocycles. The van der Waals surface area contributed by atoms with Crippen molar-refractivity contribution in [3.63, 3.8) is 0 Å². The highest BCUT2D eigenvalue weighted by molar-refractivity contribution is 5.96. The van der Waals surface area contributed by atoms with Gasteiger partial charge in [-0.2, -0.15) is 0 Å². The van der Waals surface area contributed by atoms with Crippen LogP contribution in [0.25, 0.3) is 0 Å². The number of carbonyl (C=O) groups is 3. The summed E-state index contributed by atoms with van der Waals surface area (Å²) in [4.78, 5) is 32.9. The van der Waals surface area contributed by atoms with Crippen LogP contribution < -0.4 is 5.32 Å². The fourth-order valence-corrected chi connectivity index (χ4v) is 1.51. The van der Waals surface area contributed by atoms with Gasteiger partial charge >= 0.3 is 5.97 Å². The maximum Gasteiger partial charge on any atom is 0.326 e. The van der Waals surface area contributed by atoms with Gasteiger partial charge in [-0.05, 0) is 37.1 Å². The Labute approximate surface area is 109 Å². The van der Waals surface area contributed by atoms with E-state index in [1.165, 1.54) is 12.1 Å². The second kappa shape index (κ2) is 7.25. The molecule has 0 aromatic heterocycles. The lowest BCUT2D eigenvalue weighted by Gasteiger charge is -2.13. The van der Waals surface area contributed by atoms with E-state index in [-0.39, 0.29) is 18.4 Å². The molecular weight excluding hydrogens is 253 g/mol. The number of carbonyl (C=O) groups excluding carboxylic acids is 2. The molecule has 0 saturated heterocycles. The summed E-state index contributed by atoms with van der Waals surface area (Å²) in [5.41, 5.74) is 0.183. The van der Waals surface area contributed by atoms with E-state index in [2.05, 4.69) is 5.32 Å². The Bertz CT molecular complexity index is 458. The fourth-order valence-electron chi connectivity index (χ4n) is 1.51. The zero-order valence-electron chi connectivity index (χ0n) is 10.1. The van der Waals surface area contributed by atoms with Gasteiger partial charge in [0.2, 0.25) is 0 Å². The third-order valence-electron chi connectivity index (χ3n) is 2.52. The maximum absolute atomic E-state index is 12.7. The van der Waals surface area contributed by atoms with Gasteiger partial charge in [0.1, 0.15) is 18.1 Å². The Morgan fingerprint density at radius 1 is 1.32 bits per heavy atom. The van der Waals surface area contributed by atoms with Gasteiger partial charge in [0.15, 0.2) is 0 Å². The van der Waals surface area contributed by atoms with E-state index >= 15 is 0 Å². The van der Waals surface area contributed by atoms with Gasteiger partial charge in [0.25, 0.3) is 5.91 Å². The minimum atomic E-state index is -1.17. The third-order valence-corrected chi connectivity index (χ3v) is 2.52. The Morgan fingerprint density at radius 3 is 2.47 bits per heavy atom. The van der Waals surface area contributed by atoms with E-state index in [1.54, 1.807) is 0 Å². The van der Waals surface area contributed by atoms with Crippen molar-refractivity contribution < 1.29 is 23.9 Å². The number of halogens is 1. The summed E-state index contributed by atoms with van der Waals surface area (Å²) >= 11 is 0. The van der Waals surface area contributed by atoms with Crippen LogP contribution in [0.15, 0.2) is 24.3 Å². The van der Waals surface area contributed by atoms with Gasteiger partial charge in [0.05, 0.1) is 0 Å². The number of rotatable bonds is 7. The van der Waals surface area contributed by atoms with E-state index in [1.807, 2.05) is 0 Å². The first-order chi connectivity index (χ1) is 9.04. The summed E-state index contributed by atoms with van der Waals surface area (Å²) in [6.07, 6.45) is 1.49. The van der Waals surface area contributed by atoms with Crippen LogP contribution in [0.2, 0.25) is 0 Å². The van der Waals surface area contributed by atoms with E-state index in [4.69, 9.17) is 5.11 Å². The van der Waals surface area contributed by atoms with Gasteiger partial charge in [-0.25, -0.2) is 9.18 Å². The average molecular weight is 267 g/mol. The standard InChI is InChI=1S/C13H14FNO4/c14-10-6-4-9(5-7-10)12(17)15-11(13(18)19)3-1-2-8-16/h4-8,11H,1-3H2,(H,15,17)(H,18,19)/t11-/m0/s1. The first-order valence-electron chi connectivity index (χ1n) is 5.77. The van der Waals surface area contributed by atoms with E-state index in [0.717, 1.165) is 12.1 Å². The van der Waals surface area contributed by atoms with Gasteiger partial charge in [-0.15, -0.1) is 0 Å². The highest BCUT2D eigenvalue weighted by atomic mass is 19.1. The van der Waals surface area contributed by atoms with Crippen LogP contribution in [-0.4, -0.2) is 29.3 Å². The van der Waals surface area contributed by atoms with Crippen molar-refractivity contribution in [2.24, 2.45) is 0 Å². The molecular formula is C13H14FNO4. The van der Waals surface area contributed by atoms with Crippen LogP contribution >= 0.6 is 0 Å². The van der Waals surface area contributed by atoms with Crippen molar-refractivity contribution in [1.29, 1.82) is 0 Å². The minimum Gasteiger partial charge on any atom is -0.480 e. The first-order valence-corrected chi connectivity index (χ1v) is 5.77. The molecule has 6 heteroatoms. The topological polar surface area (TPSA) is 83.5 Å². The predicted octanol–water partition coefficient (Wildman–Crippen LogP) is 1.38. The lowest BCUT2D eigenvalue weighted by atomic mass is 10.1. The maximum atomic E-state index is 12.7. The predicted molar refractivity (Wildman–Crippen MR) is 65.2 cm³/mol. The van der Waals surface area contributed by atoms with E-state index in [0.29, 0.717) is 12.7 Å². The number of amides is 1. The van der Waals surface area contributed by atoms with Crippen molar-refractivity contribution in [3.8, 4) is 0 Å². The van der Waals surface area contributed by atoms with Gasteiger partial charge < -0.3 is 15.2 Å². The minimum absolute atomic E-state index is 0.168. The van der Waals surface area contributed by atoms with Crippen molar-refractivity contribution in [2.45, 2.75) is 25.3 Å². The summed E-state index contributed by atoms with van der Waals surface area (Å²) < 4.78 is 12.7. The fraction of sp³-hybridized carbons (Fsp3) is 0.308. The van der Waals surface area contributed by atoms with Crippen molar-refractivity contribution >= 4 is 18.2 Å². The van der Waals surface area contributed by atoms with Crippen LogP contribution in [0, 0.1) is 5.82 Å². The Hall–Kier alpha value is -2.24. The number of unbranched alkanes of at least 4 members (excludes halogenated alkanes) is 1. The quantitative estimate of drug-likeness (QED) is 0.577. The SMILES string of the molecule is O=CCCC[C@H](NC(=O)c1ccc(F)cc1)C(=O)O. The van der Waals surface area contributed by atoms with E-state index < -0.39 is 23.7 Å². The molecule has 1 rings (SSSR count). The first kappa shape index (κ1) is 14.8. The van der Waals surface area contributed by atoms with Crippen LogP contribution in [0.3, 0.4) is 0 Å². The lowest BCUT2D eigenvalue weighted by molar-refractivity contribution is -0.139. The molecule has 0 unspecified atom stereocenters. The summed E-state index contributed by atoms with van der Waals surface area (Å²) in [7, 11) is 0. The smallest absolute Gasteiger partial charge is 0.326 e. The molecule has 1 atom stereocenters. The van der Waals surface area contributed by atoms with Crippen molar-refractivity contribution in [2.75, 3.05) is 0 Å².